The van der Waals surface area contributed by atoms with Crippen molar-refractivity contribution >= 4 is 25.5 Å². The lowest BCUT2D eigenvalue weighted by Crippen LogP contribution is -2.55. The predicted molar refractivity (Wildman–Crippen MR) is 248 cm³/mol. The van der Waals surface area contributed by atoms with Crippen LogP contribution >= 0.6 is 7.82 Å². The molecular formula is C49H77O15P. The van der Waals surface area contributed by atoms with Gasteiger partial charge in [-0.3, -0.25) is 23.4 Å². The second-order valence-electron chi connectivity index (χ2n) is 16.6. The van der Waals surface area contributed by atoms with Crippen LogP contribution in [0.2, 0.25) is 0 Å². The Balaban J connectivity index is 2.13. The predicted octanol–water partition coefficient (Wildman–Crippen LogP) is 6.89. The highest BCUT2D eigenvalue weighted by molar-refractivity contribution is 7.47. The summed E-state index contributed by atoms with van der Waals surface area (Å²) >= 11 is 0. The number of ketones is 1. The number of aliphatic hydroxyl groups excluding tert-OH is 6. The molecule has 65 heavy (non-hydrogen) atoms. The number of phosphoric ester groups is 1. The van der Waals surface area contributed by atoms with Gasteiger partial charge in [0.15, 0.2) is 11.9 Å². The first kappa shape index (κ1) is 57.8. The fourth-order valence-corrected chi connectivity index (χ4v) is 7.98. The number of cyclic esters (lactones) is 1. The Labute approximate surface area is 385 Å². The highest BCUT2D eigenvalue weighted by atomic mass is 31.2. The van der Waals surface area contributed by atoms with Gasteiger partial charge in [0.2, 0.25) is 0 Å². The van der Waals surface area contributed by atoms with E-state index in [-0.39, 0.29) is 19.3 Å². The van der Waals surface area contributed by atoms with Crippen LogP contribution in [0, 0.1) is 11.8 Å². The molecule has 1 unspecified atom stereocenters. The third-order valence-electron chi connectivity index (χ3n) is 11.0. The normalized spacial score (nSPS) is 30.8. The zero-order valence-electron chi connectivity index (χ0n) is 38.3. The summed E-state index contributed by atoms with van der Waals surface area (Å²) in [7, 11) is -5.43. The Morgan fingerprint density at radius 1 is 0.815 bits per heavy atom. The van der Waals surface area contributed by atoms with Crippen LogP contribution in [0.4, 0.5) is 0 Å². The number of carbonyl (C=O) groups excluding carboxylic acids is 3. The summed E-state index contributed by atoms with van der Waals surface area (Å²) in [6, 6.07) is 0. The van der Waals surface area contributed by atoms with Crippen LogP contribution in [-0.2, 0) is 37.5 Å². The van der Waals surface area contributed by atoms with Crippen molar-refractivity contribution in [3.63, 3.8) is 0 Å². The van der Waals surface area contributed by atoms with Gasteiger partial charge in [-0.2, -0.15) is 0 Å². The molecule has 0 fully saturated rings. The van der Waals surface area contributed by atoms with Crippen LogP contribution in [0.1, 0.15) is 129 Å². The topological polar surface area (TPSA) is 247 Å². The molecule has 0 spiro atoms. The quantitative estimate of drug-likeness (QED) is 0.0253. The molecule has 1 aliphatic carbocycles. The van der Waals surface area contributed by atoms with E-state index in [1.807, 2.05) is 19.1 Å². The maximum Gasteiger partial charge on any atom is 0.472 e. The number of fused-ring (bicyclic) bond motifs is 4. The molecule has 0 aromatic carbocycles. The Kier molecular flexibility index (Phi) is 30.2. The standard InChI is InChI=1S/C49H77O15P/c1-3-5-7-8-9-10-11-12-13-14-15-16-17-18-19-20-25-29-42(52)61-35-39-36-62-65(59,60)64-49-47(57)45(55)40(33-32-38(50)28-23-6-4-2)41(51)34-31-37(44(54)46(56)48(49)58)27-24-21-22-26-30-43(53)63-39/h9-10,12-13,15-16,18-19,21,24,31-34,37-40,44-50,54-58H,3-8,11,14,17,20,22-23,25-30,35-36H2,1-2H3,(H,59,60)/b10-9-,13-12-,16-15-,19-18-,24-21-,33-32+,34-31-/t37-,38-,39+,40-,44+,45+,46-,47+,48+,49+/m0/s1. The van der Waals surface area contributed by atoms with Crippen LogP contribution < -0.4 is 0 Å². The van der Waals surface area contributed by atoms with Gasteiger partial charge < -0.3 is 45.0 Å². The third-order valence-corrected chi connectivity index (χ3v) is 11.9. The zero-order chi connectivity index (χ0) is 47.9. The average molecular weight is 937 g/mol. The summed E-state index contributed by atoms with van der Waals surface area (Å²) in [5, 5.41) is 66.9. The van der Waals surface area contributed by atoms with E-state index in [0.29, 0.717) is 38.5 Å². The smallest absolute Gasteiger partial charge is 0.462 e. The fraction of sp³-hybridized carbons (Fsp3) is 0.653. The van der Waals surface area contributed by atoms with Gasteiger partial charge in [-0.05, 0) is 76.7 Å². The van der Waals surface area contributed by atoms with Crippen LogP contribution in [0.3, 0.4) is 0 Å². The first-order valence-electron chi connectivity index (χ1n) is 23.4. The molecular weight excluding hydrogens is 859 g/mol. The minimum absolute atomic E-state index is 0.0189. The number of unbranched alkanes of at least 4 members (excludes halogenated alkanes) is 6. The van der Waals surface area contributed by atoms with E-state index in [1.54, 1.807) is 12.2 Å². The average Bonchev–Trinajstić information content (AvgIpc) is 3.28. The molecule has 1 heterocycles. The molecule has 2 bridgehead atoms. The Bertz CT molecular complexity index is 1620. The number of carbonyl (C=O) groups is 3. The van der Waals surface area contributed by atoms with Gasteiger partial charge >= 0.3 is 19.8 Å². The second-order valence-corrected chi connectivity index (χ2v) is 18.0. The SMILES string of the molecule is CCCCC/C=C\C/C=C\C/C=C\C/C=C\CCCC(=O)OC[C@@H]1COP(=O)(O)O[C@H]2[C@H](O)[C@@H](O)[C@H](O)[C@H](/C=C\C(=O)[C@H](/C=C/[C@@H](O)CCCCC)[C@@H](O)[C@H]2O)C/C=C\CCCC(=O)O1. The lowest BCUT2D eigenvalue weighted by atomic mass is 9.87. The van der Waals surface area contributed by atoms with E-state index >= 15 is 0 Å². The minimum atomic E-state index is -5.43. The highest BCUT2D eigenvalue weighted by Gasteiger charge is 2.47. The molecule has 1 aliphatic heterocycles. The number of hydrogen-bond acceptors (Lipinski definition) is 14. The van der Waals surface area contributed by atoms with Crippen LogP contribution in [0.25, 0.3) is 0 Å². The molecule has 2 rings (SSSR count). The molecule has 2 aliphatic rings. The molecule has 16 heteroatoms. The summed E-state index contributed by atoms with van der Waals surface area (Å²) in [5.74, 6) is -4.72. The highest BCUT2D eigenvalue weighted by Crippen LogP contribution is 2.47. The molecule has 7 N–H and O–H groups in total. The number of esters is 2. The maximum absolute atomic E-state index is 13.5. The fourth-order valence-electron chi connectivity index (χ4n) is 7.01. The van der Waals surface area contributed by atoms with Gasteiger partial charge in [0.25, 0.3) is 0 Å². The number of hydrogen-bond donors (Lipinski definition) is 7. The molecule has 0 saturated heterocycles. The monoisotopic (exact) mass is 937 g/mol. The summed E-state index contributed by atoms with van der Waals surface area (Å²) < 4.78 is 34.5. The third kappa shape index (κ3) is 24.8. The lowest BCUT2D eigenvalue weighted by Gasteiger charge is -2.36. The second kappa shape index (κ2) is 34.0. The Morgan fingerprint density at radius 2 is 1.43 bits per heavy atom. The van der Waals surface area contributed by atoms with Crippen molar-refractivity contribution in [2.24, 2.45) is 11.8 Å². The van der Waals surface area contributed by atoms with E-state index in [9.17, 15) is 54.5 Å². The molecule has 0 amide bonds. The van der Waals surface area contributed by atoms with Crippen molar-refractivity contribution in [1.82, 2.24) is 0 Å². The van der Waals surface area contributed by atoms with Crippen molar-refractivity contribution in [3.8, 4) is 0 Å². The summed E-state index contributed by atoms with van der Waals surface area (Å²) in [4.78, 5) is 49.8. The first-order valence-corrected chi connectivity index (χ1v) is 24.9. The van der Waals surface area contributed by atoms with Crippen LogP contribution in [0.5, 0.6) is 0 Å². The number of phosphoric acid groups is 1. The van der Waals surface area contributed by atoms with Crippen molar-refractivity contribution in [2.75, 3.05) is 13.2 Å². The van der Waals surface area contributed by atoms with E-state index in [4.69, 9.17) is 18.5 Å². The number of rotatable bonds is 22. The Morgan fingerprint density at radius 3 is 2.09 bits per heavy atom. The van der Waals surface area contributed by atoms with Crippen molar-refractivity contribution in [1.29, 1.82) is 0 Å². The number of ether oxygens (including phenoxy) is 2. The van der Waals surface area contributed by atoms with Crippen LogP contribution in [-0.4, -0.2) is 115 Å². The van der Waals surface area contributed by atoms with E-state index in [0.717, 1.165) is 44.6 Å². The van der Waals surface area contributed by atoms with E-state index in [2.05, 4.69) is 43.4 Å². The number of aliphatic hydroxyl groups is 6. The maximum atomic E-state index is 13.5. The summed E-state index contributed by atoms with van der Waals surface area (Å²) in [6.45, 7) is 2.77. The minimum Gasteiger partial charge on any atom is -0.462 e. The molecule has 15 nitrogen and oxygen atoms in total. The van der Waals surface area contributed by atoms with Crippen molar-refractivity contribution in [2.45, 2.75) is 178 Å². The zero-order valence-corrected chi connectivity index (χ0v) is 39.2. The number of allylic oxidation sites excluding steroid dienone is 11. The van der Waals surface area contributed by atoms with Gasteiger partial charge in [-0.15, -0.1) is 0 Å². The first-order chi connectivity index (χ1) is 31.2. The molecule has 0 radical (unpaired) electrons. The molecule has 0 aromatic heterocycles. The van der Waals surface area contributed by atoms with Gasteiger partial charge in [0.05, 0.1) is 30.8 Å². The summed E-state index contributed by atoms with van der Waals surface area (Å²) in [5.41, 5.74) is 0. The van der Waals surface area contributed by atoms with Crippen molar-refractivity contribution < 1.29 is 73.0 Å². The van der Waals surface area contributed by atoms with Gasteiger partial charge in [-0.25, -0.2) is 4.57 Å². The molecule has 368 valence electrons. The largest absolute Gasteiger partial charge is 0.472 e. The lowest BCUT2D eigenvalue weighted by molar-refractivity contribution is -0.164. The van der Waals surface area contributed by atoms with E-state index < -0.39 is 99.4 Å². The Hall–Kier alpha value is -3.34. The summed E-state index contributed by atoms with van der Waals surface area (Å²) in [6.07, 6.45) is 21.3. The molecule has 0 aromatic rings. The van der Waals surface area contributed by atoms with E-state index in [1.165, 1.54) is 37.5 Å². The van der Waals surface area contributed by atoms with Gasteiger partial charge in [0.1, 0.15) is 31.0 Å². The molecule has 11 atom stereocenters. The van der Waals surface area contributed by atoms with Crippen molar-refractivity contribution in [3.05, 3.63) is 85.1 Å². The van der Waals surface area contributed by atoms with Crippen LogP contribution in [0.15, 0.2) is 85.1 Å². The molecule has 0 saturated carbocycles. The van der Waals surface area contributed by atoms with Gasteiger partial charge in [0, 0.05) is 18.8 Å². The van der Waals surface area contributed by atoms with Gasteiger partial charge in [-0.1, -0.05) is 125 Å².